The van der Waals surface area contributed by atoms with Crippen LogP contribution in [0, 0.1) is 0 Å². The van der Waals surface area contributed by atoms with Gasteiger partial charge in [-0.2, -0.15) is 0 Å². The predicted molar refractivity (Wildman–Crippen MR) is 130 cm³/mol. The van der Waals surface area contributed by atoms with Crippen molar-refractivity contribution in [1.82, 2.24) is 10.1 Å². The van der Waals surface area contributed by atoms with E-state index in [0.717, 1.165) is 27.9 Å². The maximum Gasteiger partial charge on any atom is 0.325 e. The first-order valence-electron chi connectivity index (χ1n) is 10.8. The Balaban J connectivity index is 2.03. The summed E-state index contributed by atoms with van der Waals surface area (Å²) in [6.07, 6.45) is 1.50. The van der Waals surface area contributed by atoms with E-state index in [0.29, 0.717) is 16.6 Å². The van der Waals surface area contributed by atoms with Gasteiger partial charge in [-0.25, -0.2) is 0 Å². The van der Waals surface area contributed by atoms with Crippen molar-refractivity contribution in [2.75, 3.05) is 11.6 Å². The first-order chi connectivity index (χ1) is 14.9. The highest BCUT2D eigenvalue weighted by molar-refractivity contribution is 7.98. The summed E-state index contributed by atoms with van der Waals surface area (Å²) in [7, 11) is 0. The fourth-order valence-corrected chi connectivity index (χ4v) is 4.53. The molecule has 3 N–H and O–H groups in total. The van der Waals surface area contributed by atoms with Gasteiger partial charge in [-0.1, -0.05) is 65.4 Å². The number of aromatic hydroxyl groups is 1. The van der Waals surface area contributed by atoms with E-state index in [-0.39, 0.29) is 16.4 Å². The fraction of sp³-hybridized carbons (Fsp3) is 0.400. The van der Waals surface area contributed by atoms with Crippen molar-refractivity contribution in [2.45, 2.75) is 63.7 Å². The lowest BCUT2D eigenvalue weighted by molar-refractivity contribution is -0.759. The van der Waals surface area contributed by atoms with Gasteiger partial charge < -0.3 is 10.4 Å². The number of phenolic OH excluding ortho intramolecular Hbond substituents is 1. The van der Waals surface area contributed by atoms with Crippen LogP contribution in [0.1, 0.15) is 64.4 Å². The molecule has 0 unspecified atom stereocenters. The minimum Gasteiger partial charge on any atom is -0.507 e. The minimum atomic E-state index is -0.393. The molecule has 32 heavy (non-hydrogen) atoms. The number of anilines is 1. The summed E-state index contributed by atoms with van der Waals surface area (Å²) in [5.74, 6) is 0.332. The number of nitrogens with one attached hydrogen (secondary N) is 2. The molecule has 0 saturated carbocycles. The molecule has 0 radical (unpaired) electrons. The molecule has 1 atom stereocenters. The average molecular weight is 452 g/mol. The number of benzene rings is 2. The molecule has 0 aliphatic carbocycles. The number of hydrogen-bond acceptors (Lipinski definition) is 5. The summed E-state index contributed by atoms with van der Waals surface area (Å²) in [5.41, 5.74) is 4.22. The van der Waals surface area contributed by atoms with Crippen molar-refractivity contribution in [3.63, 3.8) is 0 Å². The predicted octanol–water partition coefficient (Wildman–Crippen LogP) is 4.72. The summed E-state index contributed by atoms with van der Waals surface area (Å²) in [6, 6.07) is 11.8. The van der Waals surface area contributed by atoms with Crippen LogP contribution in [0.15, 0.2) is 46.3 Å². The number of aromatic nitrogens is 3. The van der Waals surface area contributed by atoms with Crippen LogP contribution in [-0.2, 0) is 10.8 Å². The van der Waals surface area contributed by atoms with E-state index in [1.165, 1.54) is 11.8 Å². The van der Waals surface area contributed by atoms with Crippen LogP contribution in [0.5, 0.6) is 5.75 Å². The molecule has 0 fully saturated rings. The van der Waals surface area contributed by atoms with Crippen molar-refractivity contribution in [2.24, 2.45) is 0 Å². The summed E-state index contributed by atoms with van der Waals surface area (Å²) < 4.78 is 1.78. The smallest absolute Gasteiger partial charge is 0.325 e. The van der Waals surface area contributed by atoms with Crippen LogP contribution in [0.4, 0.5) is 5.69 Å². The Bertz CT molecular complexity index is 1220. The molecule has 0 spiro atoms. The van der Waals surface area contributed by atoms with E-state index in [9.17, 15) is 9.90 Å². The maximum atomic E-state index is 13.1. The van der Waals surface area contributed by atoms with Crippen LogP contribution < -0.4 is 15.6 Å². The number of hydrogen-bond donors (Lipinski definition) is 3. The van der Waals surface area contributed by atoms with E-state index in [1.54, 1.807) is 4.68 Å². The highest BCUT2D eigenvalue weighted by Crippen LogP contribution is 2.42. The molecule has 3 aromatic rings. The van der Waals surface area contributed by atoms with Crippen LogP contribution >= 0.6 is 11.8 Å². The number of thioether (sulfide) groups is 1. The van der Waals surface area contributed by atoms with Crippen molar-refractivity contribution >= 4 is 17.4 Å². The van der Waals surface area contributed by atoms with Crippen molar-refractivity contribution in [3.8, 4) is 17.0 Å². The maximum absolute atomic E-state index is 13.1. The van der Waals surface area contributed by atoms with Gasteiger partial charge in [-0.3, -0.25) is 9.78 Å². The Morgan fingerprint density at radius 3 is 2.19 bits per heavy atom. The second kappa shape index (κ2) is 7.66. The molecule has 7 heteroatoms. The Hall–Kier alpha value is -2.80. The lowest BCUT2D eigenvalue weighted by atomic mass is 9.78. The van der Waals surface area contributed by atoms with Crippen LogP contribution in [0.25, 0.3) is 11.3 Å². The van der Waals surface area contributed by atoms with Crippen LogP contribution in [0.3, 0.4) is 0 Å². The zero-order valence-electron chi connectivity index (χ0n) is 19.7. The van der Waals surface area contributed by atoms with Crippen LogP contribution in [0.2, 0.25) is 0 Å². The van der Waals surface area contributed by atoms with Crippen molar-refractivity contribution in [3.05, 3.63) is 63.4 Å². The first kappa shape index (κ1) is 22.4. The van der Waals surface area contributed by atoms with Crippen molar-refractivity contribution in [1.29, 1.82) is 0 Å². The van der Waals surface area contributed by atoms with Gasteiger partial charge in [-0.15, -0.1) is 0 Å². The highest BCUT2D eigenvalue weighted by Gasteiger charge is 2.39. The quantitative estimate of drug-likeness (QED) is 0.388. The Kier molecular flexibility index (Phi) is 5.36. The second-order valence-corrected chi connectivity index (χ2v) is 11.1. The Morgan fingerprint density at radius 1 is 1.03 bits per heavy atom. The van der Waals surface area contributed by atoms with Gasteiger partial charge in [0.15, 0.2) is 0 Å². The third-order valence-electron chi connectivity index (χ3n) is 5.84. The molecule has 0 saturated heterocycles. The van der Waals surface area contributed by atoms with E-state index in [2.05, 4.69) is 51.8 Å². The number of H-pyrrole nitrogens is 1. The van der Waals surface area contributed by atoms with E-state index < -0.39 is 6.17 Å². The number of phenols is 1. The summed E-state index contributed by atoms with van der Waals surface area (Å²) in [6.45, 7) is 12.6. The topological polar surface area (TPSA) is 81.9 Å². The molecular formula is C25H31N4O2S+. The van der Waals surface area contributed by atoms with Gasteiger partial charge in [0.25, 0.3) is 6.17 Å². The molecule has 0 bridgehead atoms. The Labute approximate surface area is 193 Å². The first-order valence-corrected chi connectivity index (χ1v) is 12.0. The molecule has 2 aromatic carbocycles. The summed E-state index contributed by atoms with van der Waals surface area (Å²) in [4.78, 5) is 16.0. The molecule has 0 amide bonds. The zero-order chi connectivity index (χ0) is 23.4. The molecule has 1 aliphatic rings. The molecule has 1 aromatic heterocycles. The number of nitrogens with zero attached hydrogens (tertiary/aromatic N) is 2. The van der Waals surface area contributed by atoms with Crippen molar-refractivity contribution < 1.29 is 9.79 Å². The lowest BCUT2D eigenvalue weighted by Gasteiger charge is -2.30. The average Bonchev–Trinajstić information content (AvgIpc) is 2.71. The van der Waals surface area contributed by atoms with Gasteiger partial charge in [0.05, 0.1) is 11.3 Å². The van der Waals surface area contributed by atoms with E-state index in [1.807, 2.05) is 42.7 Å². The Morgan fingerprint density at radius 2 is 1.62 bits per heavy atom. The number of rotatable bonds is 2. The number of aromatic amines is 1. The third kappa shape index (κ3) is 3.79. The van der Waals surface area contributed by atoms with Gasteiger partial charge in [0.1, 0.15) is 5.75 Å². The minimum absolute atomic E-state index is 0.172. The monoisotopic (exact) mass is 451 g/mol. The van der Waals surface area contributed by atoms with Gasteiger partial charge in [-0.05, 0) is 46.0 Å². The lowest BCUT2D eigenvalue weighted by Crippen LogP contribution is -2.55. The van der Waals surface area contributed by atoms with Gasteiger partial charge in [0.2, 0.25) is 5.16 Å². The number of fused-ring (bicyclic) bond motifs is 3. The molecule has 1 aliphatic heterocycles. The SMILES string of the molecule is CSc1n[n+]2c(c(=O)[nH]1)-c1ccccc1N[C@@H]2c1cc(C(C)(C)C)c(O)c(C(C)(C)C)c1. The van der Waals surface area contributed by atoms with Crippen LogP contribution in [-0.4, -0.2) is 21.4 Å². The van der Waals surface area contributed by atoms with E-state index in [4.69, 9.17) is 5.10 Å². The van der Waals surface area contributed by atoms with Gasteiger partial charge in [0, 0.05) is 21.8 Å². The summed E-state index contributed by atoms with van der Waals surface area (Å²) in [5, 5.41) is 20.0. The molecule has 2 heterocycles. The molecule has 6 nitrogen and oxygen atoms in total. The second-order valence-electron chi connectivity index (χ2n) is 10.3. The normalized spacial score (nSPS) is 15.7. The zero-order valence-corrected chi connectivity index (χ0v) is 20.5. The standard InChI is InChI=1S/C25H30N4O2S/c1-24(2,3)16-12-14(13-17(20(16)30)25(4,5)6)21-26-18-11-9-8-10-15(18)19-22(31)27-23(32-7)28-29(19)21/h8-13,21H,1-7H3,(H2,27,28,30,31)/p+1/t21-/m0/s1. The largest absolute Gasteiger partial charge is 0.507 e. The molecular weight excluding hydrogens is 420 g/mol. The van der Waals surface area contributed by atoms with E-state index >= 15 is 0 Å². The fourth-order valence-electron chi connectivity index (χ4n) is 4.16. The number of para-hydroxylation sites is 1. The summed E-state index contributed by atoms with van der Waals surface area (Å²) >= 11 is 1.40. The molecule has 168 valence electrons. The van der Waals surface area contributed by atoms with Gasteiger partial charge >= 0.3 is 11.3 Å². The highest BCUT2D eigenvalue weighted by atomic mass is 32.2. The third-order valence-corrected chi connectivity index (χ3v) is 6.41. The molecule has 4 rings (SSSR count).